The van der Waals surface area contributed by atoms with Crippen molar-refractivity contribution in [1.82, 2.24) is 5.06 Å². The first-order valence-electron chi connectivity index (χ1n) is 12.0. The smallest absolute Gasteiger partial charge is 0.330 e. The van der Waals surface area contributed by atoms with E-state index in [0.29, 0.717) is 11.3 Å². The van der Waals surface area contributed by atoms with Gasteiger partial charge >= 0.3 is 12.1 Å². The maximum Gasteiger partial charge on any atom is 0.493 e. The van der Waals surface area contributed by atoms with Gasteiger partial charge in [-0.3, -0.25) is 9.59 Å². The lowest BCUT2D eigenvalue weighted by Gasteiger charge is -2.39. The molecule has 5 N–H and O–H groups in total. The van der Waals surface area contributed by atoms with Crippen molar-refractivity contribution < 1.29 is 36.8 Å². The Morgan fingerprint density at radius 2 is 1.64 bits per heavy atom. The Labute approximate surface area is 221 Å². The molecule has 39 heavy (non-hydrogen) atoms. The molecule has 3 aromatic rings. The average molecular weight is 549 g/mol. The summed E-state index contributed by atoms with van der Waals surface area (Å²) in [4.78, 5) is 43.4. The summed E-state index contributed by atoms with van der Waals surface area (Å²) in [5.41, 5.74) is 10.1. The van der Waals surface area contributed by atoms with Crippen LogP contribution in [0.5, 0.6) is 0 Å². The number of carbonyl (C=O) groups is 3. The van der Waals surface area contributed by atoms with Crippen molar-refractivity contribution >= 4 is 34.2 Å². The lowest BCUT2D eigenvalue weighted by molar-refractivity contribution is -0.252. The highest BCUT2D eigenvalue weighted by molar-refractivity contribution is 6.02. The topological polar surface area (TPSA) is 128 Å². The molecule has 0 spiro atoms. The molecule has 0 bridgehead atoms. The van der Waals surface area contributed by atoms with E-state index >= 15 is 0 Å². The van der Waals surface area contributed by atoms with Crippen molar-refractivity contribution in [1.29, 1.82) is 0 Å². The molecule has 12 heteroatoms. The first-order valence-corrected chi connectivity index (χ1v) is 12.0. The van der Waals surface area contributed by atoms with E-state index in [0.717, 1.165) is 29.8 Å². The molecule has 2 amide bonds. The van der Waals surface area contributed by atoms with E-state index in [1.807, 2.05) is 12.1 Å². The van der Waals surface area contributed by atoms with Crippen LogP contribution in [0.3, 0.4) is 0 Å². The Morgan fingerprint density at radius 1 is 1.00 bits per heavy atom. The SMILES string of the molecule is C[C@](CCCN)(C(=O)Nc1ccc2ccccc2c1)N(OC(=O)C(F)(F)F)C(=O)[C@@H](N)Cc1ccc(F)cc1. The van der Waals surface area contributed by atoms with E-state index in [1.165, 1.54) is 12.1 Å². The summed E-state index contributed by atoms with van der Waals surface area (Å²) in [7, 11) is 0. The molecule has 0 fully saturated rings. The molecule has 0 saturated heterocycles. The van der Waals surface area contributed by atoms with Crippen molar-refractivity contribution in [2.24, 2.45) is 11.5 Å². The van der Waals surface area contributed by atoms with Gasteiger partial charge in [-0.15, -0.1) is 0 Å². The maximum absolute atomic E-state index is 13.6. The van der Waals surface area contributed by atoms with Crippen LogP contribution in [-0.2, 0) is 25.6 Å². The van der Waals surface area contributed by atoms with Gasteiger partial charge in [0.15, 0.2) is 5.54 Å². The predicted octanol–water partition coefficient (Wildman–Crippen LogP) is 3.83. The number of nitrogens with one attached hydrogen (secondary N) is 1. The predicted molar refractivity (Wildman–Crippen MR) is 136 cm³/mol. The third-order valence-electron chi connectivity index (χ3n) is 6.10. The molecule has 208 valence electrons. The Kier molecular flexibility index (Phi) is 9.25. The Morgan fingerprint density at radius 3 is 2.26 bits per heavy atom. The summed E-state index contributed by atoms with van der Waals surface area (Å²) in [6, 6.07) is 15.6. The zero-order valence-corrected chi connectivity index (χ0v) is 21.0. The normalized spacial score (nSPS) is 13.8. The van der Waals surface area contributed by atoms with Crippen LogP contribution in [-0.4, -0.2) is 47.1 Å². The van der Waals surface area contributed by atoms with Gasteiger partial charge in [0.25, 0.3) is 11.8 Å². The highest BCUT2D eigenvalue weighted by Crippen LogP contribution is 2.29. The lowest BCUT2D eigenvalue weighted by atomic mass is 9.92. The number of hydroxylamine groups is 2. The maximum atomic E-state index is 13.6. The van der Waals surface area contributed by atoms with Gasteiger partial charge in [0.2, 0.25) is 0 Å². The molecule has 0 aliphatic rings. The number of hydrogen-bond acceptors (Lipinski definition) is 6. The fourth-order valence-corrected chi connectivity index (χ4v) is 3.92. The fraction of sp³-hybridized carbons (Fsp3) is 0.296. The summed E-state index contributed by atoms with van der Waals surface area (Å²) >= 11 is 0. The van der Waals surface area contributed by atoms with E-state index in [9.17, 15) is 31.9 Å². The van der Waals surface area contributed by atoms with Crippen LogP contribution in [0, 0.1) is 5.82 Å². The minimum absolute atomic E-state index is 0.0235. The molecule has 0 saturated carbocycles. The summed E-state index contributed by atoms with van der Waals surface area (Å²) in [5, 5.41) is 4.34. The second-order valence-corrected chi connectivity index (χ2v) is 9.13. The molecule has 2 atom stereocenters. The van der Waals surface area contributed by atoms with Gasteiger partial charge in [0, 0.05) is 5.69 Å². The fourth-order valence-electron chi connectivity index (χ4n) is 3.92. The van der Waals surface area contributed by atoms with E-state index in [2.05, 4.69) is 10.2 Å². The molecular formula is C27H28F4N4O4. The first kappa shape index (κ1) is 29.5. The number of nitrogens with two attached hydrogens (primary N) is 2. The molecule has 0 radical (unpaired) electrons. The van der Waals surface area contributed by atoms with E-state index in [-0.39, 0.29) is 30.9 Å². The number of halogens is 4. The highest BCUT2D eigenvalue weighted by atomic mass is 19.4. The number of amides is 2. The molecule has 3 aromatic carbocycles. The number of rotatable bonds is 9. The van der Waals surface area contributed by atoms with Crippen LogP contribution < -0.4 is 16.8 Å². The van der Waals surface area contributed by atoms with E-state index in [4.69, 9.17) is 11.5 Å². The standard InChI is InChI=1S/C27H28F4N4O4/c1-26(13-4-14-32,24(37)34-21-12-9-18-5-2-3-6-19(18)16-21)35(39-25(38)27(29,30)31)23(36)22(33)15-17-7-10-20(28)11-8-17/h2-3,5-12,16,22H,4,13-15,32-33H2,1H3,(H,34,37)/t22-,26-/m0/s1. The van der Waals surface area contributed by atoms with Gasteiger partial charge in [-0.1, -0.05) is 42.5 Å². The second-order valence-electron chi connectivity index (χ2n) is 9.13. The van der Waals surface area contributed by atoms with Gasteiger partial charge in [0.05, 0.1) is 6.04 Å². The third-order valence-corrected chi connectivity index (χ3v) is 6.10. The number of fused-ring (bicyclic) bond motifs is 1. The number of nitrogens with zero attached hydrogens (tertiary/aromatic N) is 1. The van der Waals surface area contributed by atoms with Gasteiger partial charge in [-0.25, -0.2) is 9.18 Å². The van der Waals surface area contributed by atoms with Crippen LogP contribution in [0.25, 0.3) is 10.8 Å². The Balaban J connectivity index is 1.97. The molecule has 0 aliphatic carbocycles. The van der Waals surface area contributed by atoms with E-state index < -0.39 is 41.4 Å². The van der Waals surface area contributed by atoms with Crippen molar-refractivity contribution in [3.05, 3.63) is 78.1 Å². The zero-order chi connectivity index (χ0) is 28.8. The van der Waals surface area contributed by atoms with Crippen LogP contribution >= 0.6 is 0 Å². The summed E-state index contributed by atoms with van der Waals surface area (Å²) < 4.78 is 52.9. The highest BCUT2D eigenvalue weighted by Gasteiger charge is 2.50. The quantitative estimate of drug-likeness (QED) is 0.276. The number of alkyl halides is 3. The third kappa shape index (κ3) is 7.30. The van der Waals surface area contributed by atoms with Crippen molar-refractivity contribution in [2.75, 3.05) is 11.9 Å². The first-order chi connectivity index (χ1) is 18.3. The molecule has 0 unspecified atom stereocenters. The van der Waals surface area contributed by atoms with Crippen molar-refractivity contribution in [3.63, 3.8) is 0 Å². The summed E-state index contributed by atoms with van der Waals surface area (Å²) in [6.45, 7) is 1.18. The summed E-state index contributed by atoms with van der Waals surface area (Å²) in [6.07, 6.45) is -5.88. The Hall–Kier alpha value is -4.03. The molecular weight excluding hydrogens is 520 g/mol. The van der Waals surface area contributed by atoms with E-state index in [1.54, 1.807) is 30.3 Å². The molecule has 3 rings (SSSR count). The number of carbonyl (C=O) groups excluding carboxylic acids is 3. The zero-order valence-electron chi connectivity index (χ0n) is 21.0. The van der Waals surface area contributed by atoms with Crippen molar-refractivity contribution in [2.45, 2.75) is 43.9 Å². The second kappa shape index (κ2) is 12.2. The molecule has 0 heterocycles. The minimum Gasteiger partial charge on any atom is -0.330 e. The van der Waals surface area contributed by atoms with Crippen molar-refractivity contribution in [3.8, 4) is 0 Å². The molecule has 0 aliphatic heterocycles. The number of anilines is 1. The van der Waals surface area contributed by atoms with Crippen LogP contribution in [0.4, 0.5) is 23.2 Å². The van der Waals surface area contributed by atoms with Crippen LogP contribution in [0.15, 0.2) is 66.7 Å². The minimum atomic E-state index is -5.47. The number of hydrogen-bond donors (Lipinski definition) is 3. The van der Waals surface area contributed by atoms with Gasteiger partial charge < -0.3 is 21.6 Å². The average Bonchev–Trinajstić information content (AvgIpc) is 2.90. The van der Waals surface area contributed by atoms with Crippen LogP contribution in [0.1, 0.15) is 25.3 Å². The monoisotopic (exact) mass is 548 g/mol. The lowest BCUT2D eigenvalue weighted by Crippen LogP contribution is -2.62. The Bertz CT molecular complexity index is 1330. The van der Waals surface area contributed by atoms with Gasteiger partial charge in [0.1, 0.15) is 5.82 Å². The summed E-state index contributed by atoms with van der Waals surface area (Å²) in [5.74, 6) is -5.44. The molecule has 8 nitrogen and oxygen atoms in total. The van der Waals surface area contributed by atoms with Gasteiger partial charge in [-0.05, 0) is 73.3 Å². The van der Waals surface area contributed by atoms with Gasteiger partial charge in [-0.2, -0.15) is 18.2 Å². The van der Waals surface area contributed by atoms with Crippen LogP contribution in [0.2, 0.25) is 0 Å². The molecule has 0 aromatic heterocycles. The largest absolute Gasteiger partial charge is 0.493 e. The number of benzene rings is 3.